The molecule has 4 nitrogen and oxygen atoms in total. The molecule has 0 spiro atoms. The van der Waals surface area contributed by atoms with E-state index in [9.17, 15) is 8.42 Å². The van der Waals surface area contributed by atoms with Crippen LogP contribution >= 0.6 is 34.8 Å². The first-order chi connectivity index (χ1) is 9.85. The lowest BCUT2D eigenvalue weighted by atomic mass is 10.2. The summed E-state index contributed by atoms with van der Waals surface area (Å²) in [7, 11) is -3.82. The smallest absolute Gasteiger partial charge is 0.262 e. The third kappa shape index (κ3) is 3.62. The van der Waals surface area contributed by atoms with E-state index in [-0.39, 0.29) is 32.2 Å². The standard InChI is InChI=1S/C13H11Cl3N2O2S/c14-9-5-11(16)12(6-10(9)15)18-21(19,20)13-4-2-1-3-8(13)7-17/h1-6,18H,7,17H2. The normalized spacial score (nSPS) is 11.4. The van der Waals surface area contributed by atoms with E-state index >= 15 is 0 Å². The van der Waals surface area contributed by atoms with Gasteiger partial charge in [-0.25, -0.2) is 8.42 Å². The highest BCUT2D eigenvalue weighted by molar-refractivity contribution is 7.92. The van der Waals surface area contributed by atoms with Crippen LogP contribution in [-0.2, 0) is 16.6 Å². The maximum atomic E-state index is 12.4. The maximum Gasteiger partial charge on any atom is 0.262 e. The van der Waals surface area contributed by atoms with Gasteiger partial charge in [-0.15, -0.1) is 0 Å². The molecule has 2 rings (SSSR count). The molecule has 0 amide bonds. The van der Waals surface area contributed by atoms with Crippen LogP contribution < -0.4 is 10.5 Å². The summed E-state index contributed by atoms with van der Waals surface area (Å²) in [6, 6.07) is 9.17. The monoisotopic (exact) mass is 364 g/mol. The van der Waals surface area contributed by atoms with E-state index in [1.54, 1.807) is 18.2 Å². The molecule has 0 fully saturated rings. The van der Waals surface area contributed by atoms with Crippen LogP contribution in [0.25, 0.3) is 0 Å². The molecule has 0 unspecified atom stereocenters. The Balaban J connectivity index is 2.45. The largest absolute Gasteiger partial charge is 0.326 e. The molecular formula is C13H11Cl3N2O2S. The van der Waals surface area contributed by atoms with Crippen LogP contribution in [-0.4, -0.2) is 8.42 Å². The first-order valence-corrected chi connectivity index (χ1v) is 8.42. The average molecular weight is 366 g/mol. The first kappa shape index (κ1) is 16.4. The van der Waals surface area contributed by atoms with Crippen LogP contribution in [0.2, 0.25) is 15.1 Å². The van der Waals surface area contributed by atoms with Crippen LogP contribution in [0.15, 0.2) is 41.3 Å². The Morgan fingerprint density at radius 2 is 1.62 bits per heavy atom. The van der Waals surface area contributed by atoms with Gasteiger partial charge in [0.15, 0.2) is 0 Å². The fourth-order valence-electron chi connectivity index (χ4n) is 1.74. The van der Waals surface area contributed by atoms with Crippen molar-refractivity contribution in [1.82, 2.24) is 0 Å². The molecule has 0 saturated heterocycles. The van der Waals surface area contributed by atoms with Gasteiger partial charge in [-0.1, -0.05) is 53.0 Å². The van der Waals surface area contributed by atoms with E-state index in [0.717, 1.165) is 0 Å². The minimum absolute atomic E-state index is 0.0923. The number of sulfonamides is 1. The topological polar surface area (TPSA) is 72.2 Å². The molecule has 2 aromatic rings. The van der Waals surface area contributed by atoms with Crippen molar-refractivity contribution in [1.29, 1.82) is 0 Å². The Morgan fingerprint density at radius 1 is 1.00 bits per heavy atom. The second-order valence-electron chi connectivity index (χ2n) is 4.16. The summed E-state index contributed by atoms with van der Waals surface area (Å²) in [4.78, 5) is 0.0923. The summed E-state index contributed by atoms with van der Waals surface area (Å²) in [6.45, 7) is 0.103. The summed E-state index contributed by atoms with van der Waals surface area (Å²) in [6.07, 6.45) is 0. The molecule has 21 heavy (non-hydrogen) atoms. The van der Waals surface area contributed by atoms with E-state index < -0.39 is 10.0 Å². The van der Waals surface area contributed by atoms with Crippen molar-refractivity contribution in [3.05, 3.63) is 57.0 Å². The summed E-state index contributed by atoms with van der Waals surface area (Å²) in [5, 5.41) is 0.594. The number of nitrogens with one attached hydrogen (secondary N) is 1. The zero-order chi connectivity index (χ0) is 15.6. The van der Waals surface area contributed by atoms with Crippen molar-refractivity contribution >= 4 is 50.5 Å². The van der Waals surface area contributed by atoms with Gasteiger partial charge in [0, 0.05) is 6.54 Å². The molecule has 0 aliphatic carbocycles. The molecule has 2 aromatic carbocycles. The summed E-state index contributed by atoms with van der Waals surface area (Å²) < 4.78 is 27.2. The summed E-state index contributed by atoms with van der Waals surface area (Å²) in [5.74, 6) is 0. The Morgan fingerprint density at radius 3 is 2.29 bits per heavy atom. The molecule has 0 heterocycles. The third-order valence-corrected chi connectivity index (χ3v) is 5.24. The maximum absolute atomic E-state index is 12.4. The van der Waals surface area contributed by atoms with Crippen LogP contribution in [0.1, 0.15) is 5.56 Å². The molecule has 3 N–H and O–H groups in total. The second kappa shape index (κ2) is 6.42. The number of rotatable bonds is 4. The number of nitrogens with two attached hydrogens (primary N) is 1. The van der Waals surface area contributed by atoms with Gasteiger partial charge in [0.25, 0.3) is 10.0 Å². The Hall–Kier alpha value is -0.980. The fraction of sp³-hybridized carbons (Fsp3) is 0.0769. The fourth-order valence-corrected chi connectivity index (χ4v) is 3.71. The van der Waals surface area contributed by atoms with Crippen LogP contribution in [0.3, 0.4) is 0 Å². The minimum Gasteiger partial charge on any atom is -0.326 e. The lowest BCUT2D eigenvalue weighted by molar-refractivity contribution is 0.600. The van der Waals surface area contributed by atoms with Gasteiger partial charge in [0.05, 0.1) is 25.7 Å². The lowest BCUT2D eigenvalue weighted by Crippen LogP contribution is -2.16. The van der Waals surface area contributed by atoms with Crippen molar-refractivity contribution in [3.8, 4) is 0 Å². The van der Waals surface area contributed by atoms with Gasteiger partial charge >= 0.3 is 0 Å². The zero-order valence-corrected chi connectivity index (χ0v) is 13.7. The van der Waals surface area contributed by atoms with Gasteiger partial charge in [-0.2, -0.15) is 0 Å². The van der Waals surface area contributed by atoms with E-state index in [1.165, 1.54) is 18.2 Å². The Kier molecular flexibility index (Phi) is 5.01. The quantitative estimate of drug-likeness (QED) is 0.807. The van der Waals surface area contributed by atoms with E-state index in [0.29, 0.717) is 5.56 Å². The van der Waals surface area contributed by atoms with Crippen molar-refractivity contribution < 1.29 is 8.42 Å². The predicted octanol–water partition coefficient (Wildman–Crippen LogP) is 3.91. The SMILES string of the molecule is NCc1ccccc1S(=O)(=O)Nc1cc(Cl)c(Cl)cc1Cl. The Labute approximate surface area is 137 Å². The molecule has 0 bridgehead atoms. The number of hydrogen-bond donors (Lipinski definition) is 2. The van der Waals surface area contributed by atoms with E-state index in [2.05, 4.69) is 4.72 Å². The van der Waals surface area contributed by atoms with Gasteiger partial charge in [0.1, 0.15) is 0 Å². The van der Waals surface area contributed by atoms with Crippen LogP contribution in [0.4, 0.5) is 5.69 Å². The third-order valence-electron chi connectivity index (χ3n) is 2.74. The van der Waals surface area contributed by atoms with Gasteiger partial charge in [-0.3, -0.25) is 4.72 Å². The molecule has 0 aliphatic rings. The van der Waals surface area contributed by atoms with Crippen molar-refractivity contribution in [3.63, 3.8) is 0 Å². The molecular weight excluding hydrogens is 355 g/mol. The van der Waals surface area contributed by atoms with Crippen LogP contribution in [0, 0.1) is 0 Å². The van der Waals surface area contributed by atoms with E-state index in [1.807, 2.05) is 0 Å². The lowest BCUT2D eigenvalue weighted by Gasteiger charge is -2.13. The predicted molar refractivity (Wildman–Crippen MR) is 86.6 cm³/mol. The molecule has 112 valence electrons. The highest BCUT2D eigenvalue weighted by Gasteiger charge is 2.19. The van der Waals surface area contributed by atoms with Crippen molar-refractivity contribution in [2.75, 3.05) is 4.72 Å². The number of anilines is 1. The minimum atomic E-state index is -3.82. The van der Waals surface area contributed by atoms with Crippen LogP contribution in [0.5, 0.6) is 0 Å². The van der Waals surface area contributed by atoms with Crippen molar-refractivity contribution in [2.45, 2.75) is 11.4 Å². The second-order valence-corrected chi connectivity index (χ2v) is 7.04. The highest BCUT2D eigenvalue weighted by Crippen LogP contribution is 2.33. The van der Waals surface area contributed by atoms with Gasteiger partial charge in [-0.05, 0) is 23.8 Å². The molecule has 0 radical (unpaired) electrons. The van der Waals surface area contributed by atoms with Gasteiger partial charge in [0.2, 0.25) is 0 Å². The number of hydrogen-bond acceptors (Lipinski definition) is 3. The molecule has 0 saturated carbocycles. The van der Waals surface area contributed by atoms with Gasteiger partial charge < -0.3 is 5.73 Å². The number of benzene rings is 2. The molecule has 0 aromatic heterocycles. The molecule has 8 heteroatoms. The first-order valence-electron chi connectivity index (χ1n) is 5.80. The molecule has 0 aliphatic heterocycles. The Bertz CT molecular complexity index is 779. The highest BCUT2D eigenvalue weighted by atomic mass is 35.5. The number of halogens is 3. The molecule has 0 atom stereocenters. The van der Waals surface area contributed by atoms with E-state index in [4.69, 9.17) is 40.5 Å². The summed E-state index contributed by atoms with van der Waals surface area (Å²) in [5.41, 5.74) is 6.21. The average Bonchev–Trinajstić information content (AvgIpc) is 2.44. The summed E-state index contributed by atoms with van der Waals surface area (Å²) >= 11 is 17.7. The zero-order valence-electron chi connectivity index (χ0n) is 10.6. The van der Waals surface area contributed by atoms with Crippen molar-refractivity contribution in [2.24, 2.45) is 5.73 Å².